The summed E-state index contributed by atoms with van der Waals surface area (Å²) >= 11 is 0. The van der Waals surface area contributed by atoms with Crippen molar-refractivity contribution in [3.05, 3.63) is 118 Å². The highest BCUT2D eigenvalue weighted by atomic mass is 19.1. The highest BCUT2D eigenvalue weighted by Gasteiger charge is 2.25. The van der Waals surface area contributed by atoms with Crippen molar-refractivity contribution < 1.29 is 23.0 Å². The minimum absolute atomic E-state index is 0.0150. The predicted octanol–water partition coefficient (Wildman–Crippen LogP) is 15.4. The fourth-order valence-corrected chi connectivity index (χ4v) is 9.14. The summed E-state index contributed by atoms with van der Waals surface area (Å²) in [5.74, 6) is 2.85. The molecule has 0 aromatic heterocycles. The van der Waals surface area contributed by atoms with Gasteiger partial charge in [-0.05, 0) is 134 Å². The van der Waals surface area contributed by atoms with Crippen LogP contribution < -0.4 is 14.2 Å². The molecule has 0 saturated heterocycles. The van der Waals surface area contributed by atoms with Crippen LogP contribution >= 0.6 is 0 Å². The first-order valence-electron chi connectivity index (χ1n) is 22.6. The van der Waals surface area contributed by atoms with Gasteiger partial charge in [0, 0.05) is 24.0 Å². The van der Waals surface area contributed by atoms with Crippen LogP contribution in [0.1, 0.15) is 176 Å². The molecule has 2 aliphatic rings. The van der Waals surface area contributed by atoms with Crippen LogP contribution in [0.15, 0.2) is 72.8 Å². The molecule has 6 rings (SSSR count). The van der Waals surface area contributed by atoms with E-state index in [9.17, 15) is 0 Å². The van der Waals surface area contributed by atoms with Crippen molar-refractivity contribution in [2.24, 2.45) is 11.8 Å². The SMILES string of the molecule is CCCCCOc1ccc(Oc2ccc(OCCCCC)c(Cc3ccc(C4CCC(CC)CC4)cc3)c2F)c(F)c1Cc1ccc(C2CCC(CC)CC2)cc1. The van der Waals surface area contributed by atoms with E-state index in [1.54, 1.807) is 24.3 Å². The Hall–Kier alpha value is -3.86. The zero-order valence-electron chi connectivity index (χ0n) is 35.4. The molecule has 2 aliphatic carbocycles. The summed E-state index contributed by atoms with van der Waals surface area (Å²) in [6, 6.07) is 24.1. The van der Waals surface area contributed by atoms with E-state index in [-0.39, 0.29) is 11.5 Å². The van der Waals surface area contributed by atoms with Gasteiger partial charge >= 0.3 is 0 Å². The molecule has 0 atom stereocenters. The van der Waals surface area contributed by atoms with Crippen LogP contribution in [0.2, 0.25) is 0 Å². The summed E-state index contributed by atoms with van der Waals surface area (Å²) in [6.07, 6.45) is 19.4. The first-order chi connectivity index (χ1) is 27.9. The molecule has 0 bridgehead atoms. The lowest BCUT2D eigenvalue weighted by Gasteiger charge is -2.28. The highest BCUT2D eigenvalue weighted by Crippen LogP contribution is 2.41. The largest absolute Gasteiger partial charge is 0.493 e. The van der Waals surface area contributed by atoms with Gasteiger partial charge in [0.25, 0.3) is 0 Å². The van der Waals surface area contributed by atoms with E-state index >= 15 is 8.78 Å². The Morgan fingerprint density at radius 3 is 1.18 bits per heavy atom. The number of benzene rings is 4. The molecule has 0 N–H and O–H groups in total. The smallest absolute Gasteiger partial charge is 0.172 e. The standard InChI is InChI=1S/C52H68F2O3/c1-5-9-11-33-55-47-29-31-49(51(53)45(47)35-39-17-25-43(26-18-39)41-21-13-37(7-3)14-22-41)57-50-32-30-48(56-34-12-10-6-2)46(52(50)54)36-40-19-27-44(28-20-40)42-23-15-38(8-4)16-24-42/h17-20,25-32,37-38,41-42H,5-16,21-24,33-36H2,1-4H3. The maximum Gasteiger partial charge on any atom is 0.172 e. The number of unbranched alkanes of at least 4 members (excludes halogenated alkanes) is 4. The minimum Gasteiger partial charge on any atom is -0.493 e. The molecule has 0 amide bonds. The molecule has 2 fully saturated rings. The third-order valence-electron chi connectivity index (χ3n) is 13.1. The fourth-order valence-electron chi connectivity index (χ4n) is 9.14. The zero-order valence-corrected chi connectivity index (χ0v) is 35.4. The summed E-state index contributed by atoms with van der Waals surface area (Å²) in [7, 11) is 0. The number of ether oxygens (including phenoxy) is 3. The number of rotatable bonds is 20. The van der Waals surface area contributed by atoms with Gasteiger partial charge in [-0.25, -0.2) is 8.78 Å². The third-order valence-corrected chi connectivity index (χ3v) is 13.1. The summed E-state index contributed by atoms with van der Waals surface area (Å²) in [5, 5.41) is 0. The summed E-state index contributed by atoms with van der Waals surface area (Å²) in [5.41, 5.74) is 5.62. The van der Waals surface area contributed by atoms with Crippen molar-refractivity contribution in [1.29, 1.82) is 0 Å². The van der Waals surface area contributed by atoms with Crippen molar-refractivity contribution >= 4 is 0 Å². The highest BCUT2D eigenvalue weighted by molar-refractivity contribution is 5.49. The maximum atomic E-state index is 16.7. The first kappa shape index (κ1) is 42.7. The molecule has 0 unspecified atom stereocenters. The Kier molecular flexibility index (Phi) is 16.3. The number of hydrogen-bond donors (Lipinski definition) is 0. The Morgan fingerprint density at radius 2 is 0.825 bits per heavy atom. The lowest BCUT2D eigenvalue weighted by Crippen LogP contribution is -2.12. The number of hydrogen-bond acceptors (Lipinski definition) is 3. The maximum absolute atomic E-state index is 16.7. The van der Waals surface area contributed by atoms with E-state index in [2.05, 4.69) is 76.2 Å². The molecule has 3 nitrogen and oxygen atoms in total. The van der Waals surface area contributed by atoms with Gasteiger partial charge in [-0.2, -0.15) is 0 Å². The molecule has 4 aromatic carbocycles. The van der Waals surface area contributed by atoms with Gasteiger partial charge in [-0.1, -0.05) is 115 Å². The van der Waals surface area contributed by atoms with Crippen molar-refractivity contribution in [3.8, 4) is 23.0 Å². The van der Waals surface area contributed by atoms with E-state index in [0.717, 1.165) is 61.5 Å². The van der Waals surface area contributed by atoms with Gasteiger partial charge in [0.1, 0.15) is 11.5 Å². The van der Waals surface area contributed by atoms with Crippen molar-refractivity contribution in [2.75, 3.05) is 13.2 Å². The lowest BCUT2D eigenvalue weighted by atomic mass is 9.78. The van der Waals surface area contributed by atoms with E-state index in [1.807, 2.05) is 0 Å². The fraction of sp³-hybridized carbons (Fsp3) is 0.538. The van der Waals surface area contributed by atoms with Gasteiger partial charge in [0.2, 0.25) is 0 Å². The average Bonchev–Trinajstić information content (AvgIpc) is 3.25. The van der Waals surface area contributed by atoms with Crippen LogP contribution in [0.25, 0.3) is 0 Å². The Labute approximate surface area is 342 Å². The monoisotopic (exact) mass is 779 g/mol. The molecular formula is C52H68F2O3. The van der Waals surface area contributed by atoms with Crippen molar-refractivity contribution in [2.45, 2.75) is 155 Å². The molecule has 308 valence electrons. The van der Waals surface area contributed by atoms with Crippen LogP contribution in [0.4, 0.5) is 8.78 Å². The molecule has 0 heterocycles. The molecule has 4 aromatic rings. The molecule has 2 saturated carbocycles. The van der Waals surface area contributed by atoms with Gasteiger partial charge in [-0.3, -0.25) is 0 Å². The summed E-state index contributed by atoms with van der Waals surface area (Å²) < 4.78 is 51.9. The molecule has 0 spiro atoms. The Balaban J connectivity index is 1.23. The zero-order chi connectivity index (χ0) is 40.0. The second-order valence-corrected chi connectivity index (χ2v) is 17.0. The van der Waals surface area contributed by atoms with Crippen LogP contribution in [-0.4, -0.2) is 13.2 Å². The molecule has 0 aliphatic heterocycles. The Morgan fingerprint density at radius 1 is 0.456 bits per heavy atom. The van der Waals surface area contributed by atoms with Gasteiger partial charge in [0.15, 0.2) is 23.1 Å². The molecular weight excluding hydrogens is 711 g/mol. The van der Waals surface area contributed by atoms with Crippen molar-refractivity contribution in [3.63, 3.8) is 0 Å². The summed E-state index contributed by atoms with van der Waals surface area (Å²) in [4.78, 5) is 0. The topological polar surface area (TPSA) is 27.7 Å². The van der Waals surface area contributed by atoms with E-state index < -0.39 is 11.6 Å². The second-order valence-electron chi connectivity index (χ2n) is 17.0. The second kappa shape index (κ2) is 21.8. The van der Waals surface area contributed by atoms with Gasteiger partial charge in [-0.15, -0.1) is 0 Å². The van der Waals surface area contributed by atoms with Crippen molar-refractivity contribution in [1.82, 2.24) is 0 Å². The minimum atomic E-state index is -0.519. The van der Waals surface area contributed by atoms with Gasteiger partial charge in [0.05, 0.1) is 13.2 Å². The van der Waals surface area contributed by atoms with Crippen LogP contribution in [0, 0.1) is 23.5 Å². The third kappa shape index (κ3) is 11.6. The first-order valence-corrected chi connectivity index (χ1v) is 22.6. The van der Waals surface area contributed by atoms with Crippen LogP contribution in [0.5, 0.6) is 23.0 Å². The Bertz CT molecular complexity index is 1670. The summed E-state index contributed by atoms with van der Waals surface area (Å²) in [6.45, 7) is 9.93. The number of halogens is 2. The van der Waals surface area contributed by atoms with Crippen LogP contribution in [-0.2, 0) is 12.8 Å². The average molecular weight is 779 g/mol. The predicted molar refractivity (Wildman–Crippen MR) is 231 cm³/mol. The van der Waals surface area contributed by atoms with E-state index in [1.165, 1.54) is 75.3 Å². The molecule has 5 heteroatoms. The van der Waals surface area contributed by atoms with Gasteiger partial charge < -0.3 is 14.2 Å². The quantitative estimate of drug-likeness (QED) is 0.0837. The van der Waals surface area contributed by atoms with Crippen LogP contribution in [0.3, 0.4) is 0 Å². The van der Waals surface area contributed by atoms with E-state index in [0.29, 0.717) is 60.5 Å². The lowest BCUT2D eigenvalue weighted by molar-refractivity contribution is 0.298. The molecule has 0 radical (unpaired) electrons. The normalized spacial score (nSPS) is 19.7. The van der Waals surface area contributed by atoms with E-state index in [4.69, 9.17) is 14.2 Å². The molecule has 57 heavy (non-hydrogen) atoms.